The van der Waals surface area contributed by atoms with Crippen molar-refractivity contribution in [2.45, 2.75) is 12.6 Å². The van der Waals surface area contributed by atoms with Crippen LogP contribution in [0.25, 0.3) is 10.9 Å². The van der Waals surface area contributed by atoms with Crippen LogP contribution in [0.1, 0.15) is 10.4 Å². The Morgan fingerprint density at radius 3 is 2.97 bits per heavy atom. The SMILES string of the molecule is Nc1ncnc2cc(CN3CCN(CC#Cc4ccc(Cl)s4)CC3C=O)ccc12. The van der Waals surface area contributed by atoms with E-state index in [1.165, 1.54) is 17.7 Å². The second kappa shape index (κ2) is 8.89. The van der Waals surface area contributed by atoms with Crippen molar-refractivity contribution in [3.63, 3.8) is 0 Å². The lowest BCUT2D eigenvalue weighted by Crippen LogP contribution is -2.53. The van der Waals surface area contributed by atoms with E-state index in [-0.39, 0.29) is 6.04 Å². The van der Waals surface area contributed by atoms with Crippen molar-refractivity contribution in [1.29, 1.82) is 0 Å². The van der Waals surface area contributed by atoms with Crippen molar-refractivity contribution in [3.05, 3.63) is 51.4 Å². The molecule has 1 fully saturated rings. The van der Waals surface area contributed by atoms with Crippen LogP contribution in [0.2, 0.25) is 4.34 Å². The number of carbonyl (C=O) groups excluding carboxylic acids is 1. The maximum Gasteiger partial charge on any atom is 0.138 e. The minimum absolute atomic E-state index is 0.159. The number of carbonyl (C=O) groups is 1. The first kappa shape index (κ1) is 19.8. The molecule has 148 valence electrons. The highest BCUT2D eigenvalue weighted by atomic mass is 35.5. The maximum atomic E-state index is 11.7. The molecule has 3 aromatic rings. The summed E-state index contributed by atoms with van der Waals surface area (Å²) in [5, 5.41) is 0.846. The smallest absolute Gasteiger partial charge is 0.138 e. The van der Waals surface area contributed by atoms with E-state index < -0.39 is 0 Å². The van der Waals surface area contributed by atoms with E-state index in [0.717, 1.165) is 45.1 Å². The van der Waals surface area contributed by atoms with Crippen molar-refractivity contribution in [2.75, 3.05) is 31.9 Å². The van der Waals surface area contributed by atoms with Crippen LogP contribution < -0.4 is 5.73 Å². The summed E-state index contributed by atoms with van der Waals surface area (Å²) in [4.78, 5) is 25.4. The third-order valence-corrected chi connectivity index (χ3v) is 6.13. The molecule has 1 unspecified atom stereocenters. The largest absolute Gasteiger partial charge is 0.383 e. The number of anilines is 1. The first-order valence-electron chi connectivity index (χ1n) is 9.27. The summed E-state index contributed by atoms with van der Waals surface area (Å²) in [7, 11) is 0. The normalized spacial score (nSPS) is 17.8. The first-order chi connectivity index (χ1) is 14.1. The van der Waals surface area contributed by atoms with Gasteiger partial charge in [-0.2, -0.15) is 0 Å². The van der Waals surface area contributed by atoms with Crippen LogP contribution in [0, 0.1) is 11.8 Å². The molecule has 6 nitrogen and oxygen atoms in total. The number of rotatable bonds is 4. The van der Waals surface area contributed by atoms with Crippen molar-refractivity contribution < 1.29 is 4.79 Å². The van der Waals surface area contributed by atoms with Crippen molar-refractivity contribution in [2.24, 2.45) is 0 Å². The Balaban J connectivity index is 1.39. The summed E-state index contributed by atoms with van der Waals surface area (Å²) in [6.45, 7) is 3.68. The number of fused-ring (bicyclic) bond motifs is 1. The molecule has 1 saturated heterocycles. The third kappa shape index (κ3) is 4.74. The van der Waals surface area contributed by atoms with Crippen molar-refractivity contribution >= 4 is 45.9 Å². The molecule has 0 bridgehead atoms. The van der Waals surface area contributed by atoms with Crippen molar-refractivity contribution in [3.8, 4) is 11.8 Å². The number of aldehydes is 1. The highest BCUT2D eigenvalue weighted by Crippen LogP contribution is 2.21. The van der Waals surface area contributed by atoms with E-state index in [2.05, 4.69) is 31.6 Å². The molecule has 1 atom stereocenters. The molecule has 2 aromatic heterocycles. The minimum atomic E-state index is -0.159. The Morgan fingerprint density at radius 2 is 2.17 bits per heavy atom. The van der Waals surface area contributed by atoms with Gasteiger partial charge in [0.2, 0.25) is 0 Å². The highest BCUT2D eigenvalue weighted by molar-refractivity contribution is 7.16. The monoisotopic (exact) mass is 425 g/mol. The number of hydrogen-bond donors (Lipinski definition) is 1. The Morgan fingerprint density at radius 1 is 1.28 bits per heavy atom. The number of piperazine rings is 1. The standard InChI is InChI=1S/C21H20ClN5OS/c22-20-6-4-17(29-20)2-1-7-26-8-9-27(16(12-26)13-28)11-15-3-5-18-19(10-15)24-14-25-21(18)23/h3-6,10,13-14,16H,7-9,11-12H2,(H2,23,24,25). The van der Waals surface area contributed by atoms with Crippen LogP contribution in [0.5, 0.6) is 0 Å². The molecule has 0 amide bonds. The van der Waals surface area contributed by atoms with Gasteiger partial charge in [0.15, 0.2) is 0 Å². The van der Waals surface area contributed by atoms with E-state index in [1.54, 1.807) is 0 Å². The quantitative estimate of drug-likeness (QED) is 0.511. The number of benzene rings is 1. The van der Waals surface area contributed by atoms with Crippen LogP contribution >= 0.6 is 22.9 Å². The van der Waals surface area contributed by atoms with E-state index in [0.29, 0.717) is 25.5 Å². The molecule has 4 rings (SSSR count). The fourth-order valence-electron chi connectivity index (χ4n) is 3.45. The van der Waals surface area contributed by atoms with Crippen LogP contribution in [0.15, 0.2) is 36.7 Å². The van der Waals surface area contributed by atoms with Gasteiger partial charge >= 0.3 is 0 Å². The van der Waals surface area contributed by atoms with E-state index in [9.17, 15) is 4.79 Å². The second-order valence-corrected chi connectivity index (χ2v) is 8.64. The molecular weight excluding hydrogens is 406 g/mol. The topological polar surface area (TPSA) is 75.3 Å². The van der Waals surface area contributed by atoms with Gasteiger partial charge in [-0.1, -0.05) is 29.5 Å². The molecule has 2 N–H and O–H groups in total. The van der Waals surface area contributed by atoms with E-state index in [1.807, 2.05) is 30.3 Å². The zero-order chi connectivity index (χ0) is 20.2. The Labute approximate surface area is 178 Å². The fourth-order valence-corrected chi connectivity index (χ4v) is 4.37. The number of nitrogens with zero attached hydrogens (tertiary/aromatic N) is 4. The Kier molecular flexibility index (Phi) is 6.07. The van der Waals surface area contributed by atoms with Gasteiger partial charge in [0.25, 0.3) is 0 Å². The molecule has 0 spiro atoms. The molecule has 0 aliphatic carbocycles. The lowest BCUT2D eigenvalue weighted by Gasteiger charge is -2.38. The maximum absolute atomic E-state index is 11.7. The summed E-state index contributed by atoms with van der Waals surface area (Å²) < 4.78 is 0.742. The van der Waals surface area contributed by atoms with Gasteiger partial charge in [-0.15, -0.1) is 11.3 Å². The summed E-state index contributed by atoms with van der Waals surface area (Å²) in [5.41, 5.74) is 7.82. The summed E-state index contributed by atoms with van der Waals surface area (Å²) in [5.74, 6) is 6.80. The van der Waals surface area contributed by atoms with Gasteiger partial charge in [-0.3, -0.25) is 9.80 Å². The zero-order valence-corrected chi connectivity index (χ0v) is 17.3. The lowest BCUT2D eigenvalue weighted by molar-refractivity contribution is -0.114. The van der Waals surface area contributed by atoms with Crippen molar-refractivity contribution in [1.82, 2.24) is 19.8 Å². The number of thiophene rings is 1. The average molecular weight is 426 g/mol. The zero-order valence-electron chi connectivity index (χ0n) is 15.7. The lowest BCUT2D eigenvalue weighted by atomic mass is 10.1. The minimum Gasteiger partial charge on any atom is -0.383 e. The second-order valence-electron chi connectivity index (χ2n) is 6.92. The number of halogens is 1. The molecule has 1 aromatic carbocycles. The predicted octanol–water partition coefficient (Wildman–Crippen LogP) is 2.66. The first-order valence-corrected chi connectivity index (χ1v) is 10.5. The molecule has 0 radical (unpaired) electrons. The van der Waals surface area contributed by atoms with Crippen LogP contribution in [-0.4, -0.2) is 58.3 Å². The molecule has 0 saturated carbocycles. The number of nitrogen functional groups attached to an aromatic ring is 1. The fraction of sp³-hybridized carbons (Fsp3) is 0.286. The predicted molar refractivity (Wildman–Crippen MR) is 117 cm³/mol. The van der Waals surface area contributed by atoms with Gasteiger partial charge < -0.3 is 10.5 Å². The van der Waals surface area contributed by atoms with Gasteiger partial charge in [-0.05, 0) is 29.8 Å². The average Bonchev–Trinajstić information content (AvgIpc) is 3.14. The van der Waals surface area contributed by atoms with Crippen LogP contribution in [0.3, 0.4) is 0 Å². The molecule has 3 heterocycles. The number of hydrogen-bond acceptors (Lipinski definition) is 7. The summed E-state index contributed by atoms with van der Waals surface area (Å²) in [6, 6.07) is 9.60. The van der Waals surface area contributed by atoms with Crippen LogP contribution in [0.4, 0.5) is 5.82 Å². The Hall–Kier alpha value is -2.50. The molecule has 1 aliphatic rings. The molecular formula is C21H20ClN5OS. The highest BCUT2D eigenvalue weighted by Gasteiger charge is 2.26. The number of aromatic nitrogens is 2. The molecule has 29 heavy (non-hydrogen) atoms. The van der Waals surface area contributed by atoms with Crippen LogP contribution in [-0.2, 0) is 11.3 Å². The molecule has 1 aliphatic heterocycles. The van der Waals surface area contributed by atoms with Gasteiger partial charge in [0.05, 0.1) is 27.3 Å². The summed E-state index contributed by atoms with van der Waals surface area (Å²) >= 11 is 7.41. The Bertz CT molecular complexity index is 1090. The van der Waals surface area contributed by atoms with E-state index in [4.69, 9.17) is 17.3 Å². The van der Waals surface area contributed by atoms with Gasteiger partial charge in [-0.25, -0.2) is 9.97 Å². The van der Waals surface area contributed by atoms with Gasteiger partial charge in [0.1, 0.15) is 18.4 Å². The van der Waals surface area contributed by atoms with E-state index >= 15 is 0 Å². The van der Waals surface area contributed by atoms with Gasteiger partial charge in [0, 0.05) is 31.6 Å². The summed E-state index contributed by atoms with van der Waals surface area (Å²) in [6.07, 6.45) is 2.50. The number of nitrogens with two attached hydrogens (primary N) is 1. The molecule has 8 heteroatoms. The third-order valence-electron chi connectivity index (χ3n) is 4.98.